The molecule has 1 saturated heterocycles. The van der Waals surface area contributed by atoms with Gasteiger partial charge in [0.1, 0.15) is 5.70 Å². The normalized spacial score (nSPS) is 20.8. The number of hydrogen-bond acceptors (Lipinski definition) is 5. The van der Waals surface area contributed by atoms with Gasteiger partial charge in [-0.1, -0.05) is 29.3 Å². The highest BCUT2D eigenvalue weighted by Crippen LogP contribution is 2.37. The second kappa shape index (κ2) is 8.61. The van der Waals surface area contributed by atoms with Crippen LogP contribution in [-0.2, 0) is 14.3 Å². The zero-order valence-corrected chi connectivity index (χ0v) is 16.6. The van der Waals surface area contributed by atoms with E-state index < -0.39 is 0 Å². The van der Waals surface area contributed by atoms with Crippen LogP contribution < -0.4 is 0 Å². The van der Waals surface area contributed by atoms with Gasteiger partial charge in [-0.05, 0) is 30.9 Å². The van der Waals surface area contributed by atoms with E-state index in [9.17, 15) is 14.7 Å². The van der Waals surface area contributed by atoms with Crippen LogP contribution in [0.25, 0.3) is 5.57 Å². The molecule has 0 bridgehead atoms. The minimum absolute atomic E-state index is 0.0519. The van der Waals surface area contributed by atoms with Crippen molar-refractivity contribution in [3.05, 3.63) is 39.5 Å². The third kappa shape index (κ3) is 3.99. The zero-order chi connectivity index (χ0) is 19.6. The van der Waals surface area contributed by atoms with Gasteiger partial charge >= 0.3 is 0 Å². The molecule has 1 N–H and O–H groups in total. The number of aliphatic hydroxyl groups excluding tert-OH is 1. The lowest BCUT2D eigenvalue weighted by Crippen LogP contribution is -2.41. The van der Waals surface area contributed by atoms with Crippen LogP contribution in [0.4, 0.5) is 0 Å². The molecule has 1 aromatic rings. The van der Waals surface area contributed by atoms with Crippen molar-refractivity contribution in [2.24, 2.45) is 5.92 Å². The summed E-state index contributed by atoms with van der Waals surface area (Å²) in [5.74, 6) is -0.664. The van der Waals surface area contributed by atoms with Gasteiger partial charge in [0, 0.05) is 37.4 Å². The average molecular weight is 413 g/mol. The van der Waals surface area contributed by atoms with E-state index in [2.05, 4.69) is 0 Å². The molecular weight excluding hydrogens is 391 g/mol. The Kier molecular flexibility index (Phi) is 6.42. The van der Waals surface area contributed by atoms with Gasteiger partial charge < -0.3 is 14.7 Å². The minimum Gasteiger partial charge on any atom is -0.396 e. The highest BCUT2D eigenvalue weighted by atomic mass is 35.5. The molecule has 2 aliphatic heterocycles. The van der Waals surface area contributed by atoms with Gasteiger partial charge in [-0.25, -0.2) is 0 Å². The zero-order valence-electron chi connectivity index (χ0n) is 15.1. The van der Waals surface area contributed by atoms with Gasteiger partial charge in [-0.15, -0.1) is 0 Å². The number of amides is 2. The highest BCUT2D eigenvalue weighted by molar-refractivity contribution is 6.41. The Morgan fingerprint density at radius 3 is 2.70 bits per heavy atom. The van der Waals surface area contributed by atoms with Crippen LogP contribution in [0.3, 0.4) is 0 Å². The molecule has 1 aromatic carbocycles. The van der Waals surface area contributed by atoms with Crippen molar-refractivity contribution in [2.45, 2.75) is 12.8 Å². The molecule has 146 valence electrons. The van der Waals surface area contributed by atoms with Gasteiger partial charge in [0.05, 0.1) is 23.7 Å². The number of ether oxygens (including phenoxy) is 1. The van der Waals surface area contributed by atoms with Gasteiger partial charge in [0.25, 0.3) is 11.8 Å². The maximum absolute atomic E-state index is 13.1. The topological polar surface area (TPSA) is 70.1 Å². The quantitative estimate of drug-likeness (QED) is 0.726. The fraction of sp³-hybridized carbons (Fsp3) is 0.474. The Bertz CT molecular complexity index is 781. The number of carbonyl (C=O) groups excluding carboxylic acids is 2. The van der Waals surface area contributed by atoms with E-state index in [-0.39, 0.29) is 43.1 Å². The fourth-order valence-electron chi connectivity index (χ4n) is 3.59. The molecule has 8 heteroatoms. The first kappa shape index (κ1) is 20.1. The Balaban J connectivity index is 2.06. The third-order valence-corrected chi connectivity index (χ3v) is 5.50. The molecule has 0 aromatic heterocycles. The SMILES string of the molecule is COCCN1C(=O)C(c2ccc(Cl)cc2Cl)=C(N2CCCC(CO)C2)C1=O. The third-order valence-electron chi connectivity index (χ3n) is 4.96. The average Bonchev–Trinajstić information content (AvgIpc) is 2.90. The van der Waals surface area contributed by atoms with Crippen molar-refractivity contribution in [3.8, 4) is 0 Å². The molecule has 2 amide bonds. The van der Waals surface area contributed by atoms with Crippen molar-refractivity contribution in [1.82, 2.24) is 9.80 Å². The van der Waals surface area contributed by atoms with Gasteiger partial charge in [0.2, 0.25) is 0 Å². The molecule has 1 fully saturated rings. The molecule has 6 nitrogen and oxygen atoms in total. The molecule has 0 aliphatic carbocycles. The van der Waals surface area contributed by atoms with Crippen LogP contribution in [0.1, 0.15) is 18.4 Å². The van der Waals surface area contributed by atoms with E-state index in [4.69, 9.17) is 27.9 Å². The summed E-state index contributed by atoms with van der Waals surface area (Å²) in [6, 6.07) is 4.87. The number of hydrogen-bond donors (Lipinski definition) is 1. The van der Waals surface area contributed by atoms with Crippen molar-refractivity contribution in [3.63, 3.8) is 0 Å². The first-order chi connectivity index (χ1) is 13.0. The summed E-state index contributed by atoms with van der Waals surface area (Å²) >= 11 is 12.3. The number of piperidine rings is 1. The first-order valence-electron chi connectivity index (χ1n) is 8.88. The number of benzene rings is 1. The number of nitrogens with zero attached hydrogens (tertiary/aromatic N) is 2. The number of imide groups is 1. The summed E-state index contributed by atoms with van der Waals surface area (Å²) in [6.07, 6.45) is 1.74. The van der Waals surface area contributed by atoms with E-state index in [0.29, 0.717) is 34.4 Å². The van der Waals surface area contributed by atoms with E-state index >= 15 is 0 Å². The minimum atomic E-state index is -0.387. The predicted molar refractivity (Wildman–Crippen MR) is 103 cm³/mol. The lowest BCUT2D eigenvalue weighted by Gasteiger charge is -2.34. The number of aliphatic hydroxyl groups is 1. The maximum Gasteiger partial charge on any atom is 0.277 e. The Labute approximate surface area is 168 Å². The van der Waals surface area contributed by atoms with Crippen molar-refractivity contribution in [1.29, 1.82) is 0 Å². The van der Waals surface area contributed by atoms with Crippen LogP contribution in [0, 0.1) is 5.92 Å². The second-order valence-corrected chi connectivity index (χ2v) is 7.58. The van der Waals surface area contributed by atoms with Crippen LogP contribution in [0.15, 0.2) is 23.9 Å². The molecule has 3 rings (SSSR count). The van der Waals surface area contributed by atoms with Crippen molar-refractivity contribution >= 4 is 40.6 Å². The standard InChI is InChI=1S/C19H22Cl2N2O4/c1-27-8-7-23-18(25)16(14-5-4-13(20)9-15(14)21)17(19(23)26)22-6-2-3-12(10-22)11-24/h4-5,9,12,24H,2-3,6-8,10-11H2,1H3. The number of methoxy groups -OCH3 is 1. The van der Waals surface area contributed by atoms with Crippen LogP contribution in [-0.4, -0.2) is 66.7 Å². The highest BCUT2D eigenvalue weighted by Gasteiger charge is 2.42. The van der Waals surface area contributed by atoms with Gasteiger partial charge in [0.15, 0.2) is 0 Å². The summed E-state index contributed by atoms with van der Waals surface area (Å²) in [7, 11) is 1.52. The molecule has 0 radical (unpaired) electrons. The van der Waals surface area contributed by atoms with Crippen LogP contribution in [0.2, 0.25) is 10.0 Å². The lowest BCUT2D eigenvalue weighted by molar-refractivity contribution is -0.138. The van der Waals surface area contributed by atoms with E-state index in [1.807, 2.05) is 4.90 Å². The number of carbonyl (C=O) groups is 2. The molecule has 27 heavy (non-hydrogen) atoms. The molecule has 2 aliphatic rings. The molecule has 0 saturated carbocycles. The Morgan fingerprint density at radius 1 is 1.26 bits per heavy atom. The fourth-order valence-corrected chi connectivity index (χ4v) is 4.10. The summed E-state index contributed by atoms with van der Waals surface area (Å²) in [5, 5.41) is 10.3. The Morgan fingerprint density at radius 2 is 2.04 bits per heavy atom. The Hall–Kier alpha value is -1.60. The number of likely N-dealkylation sites (tertiary alicyclic amines) is 1. The summed E-state index contributed by atoms with van der Waals surface area (Å²) in [4.78, 5) is 29.3. The molecule has 1 atom stereocenters. The predicted octanol–water partition coefficient (Wildman–Crippen LogP) is 2.42. The maximum atomic E-state index is 13.1. The van der Waals surface area contributed by atoms with Gasteiger partial charge in [-0.3, -0.25) is 14.5 Å². The molecular formula is C19H22Cl2N2O4. The largest absolute Gasteiger partial charge is 0.396 e. The lowest BCUT2D eigenvalue weighted by atomic mass is 9.97. The first-order valence-corrected chi connectivity index (χ1v) is 9.64. The second-order valence-electron chi connectivity index (χ2n) is 6.74. The summed E-state index contributed by atoms with van der Waals surface area (Å²) < 4.78 is 5.04. The number of halogens is 2. The monoisotopic (exact) mass is 412 g/mol. The smallest absolute Gasteiger partial charge is 0.277 e. The summed E-state index contributed by atoms with van der Waals surface area (Å²) in [5.41, 5.74) is 1.12. The molecule has 1 unspecified atom stereocenters. The molecule has 0 spiro atoms. The van der Waals surface area contributed by atoms with Crippen LogP contribution >= 0.6 is 23.2 Å². The van der Waals surface area contributed by atoms with Crippen molar-refractivity contribution in [2.75, 3.05) is 40.0 Å². The van der Waals surface area contributed by atoms with E-state index in [1.165, 1.54) is 12.0 Å². The van der Waals surface area contributed by atoms with E-state index in [0.717, 1.165) is 12.8 Å². The van der Waals surface area contributed by atoms with Gasteiger partial charge in [-0.2, -0.15) is 0 Å². The van der Waals surface area contributed by atoms with Crippen molar-refractivity contribution < 1.29 is 19.4 Å². The molecule has 2 heterocycles. The van der Waals surface area contributed by atoms with E-state index in [1.54, 1.807) is 18.2 Å². The van der Waals surface area contributed by atoms with Crippen LogP contribution in [0.5, 0.6) is 0 Å². The number of rotatable bonds is 6. The summed E-state index contributed by atoms with van der Waals surface area (Å²) in [6.45, 7) is 1.65.